The molecule has 1 heterocycles. The molecule has 1 fully saturated rings. The standard InChI is InChI=1S/C28H25IN2O4S/c1-18(2)23-5-3-4-6-24(23)30-26(32)17-35-22-13-9-19(10-14-22)15-25-27(33)31(28(34)36-25)16-20-7-11-21(29)12-8-20/h3-15,18H,16-17H2,1-2H3,(H,30,32)/b25-15+. The van der Waals surface area contributed by atoms with Crippen LogP contribution in [0.1, 0.15) is 36.5 Å². The summed E-state index contributed by atoms with van der Waals surface area (Å²) in [5.41, 5.74) is 3.51. The molecule has 1 N–H and O–H groups in total. The molecule has 0 saturated carbocycles. The molecule has 3 amide bonds. The van der Waals surface area contributed by atoms with Crippen LogP contribution in [0.15, 0.2) is 77.7 Å². The van der Waals surface area contributed by atoms with Gasteiger partial charge in [-0.25, -0.2) is 0 Å². The molecule has 0 aliphatic carbocycles. The van der Waals surface area contributed by atoms with E-state index < -0.39 is 0 Å². The van der Waals surface area contributed by atoms with Gasteiger partial charge in [0.1, 0.15) is 5.75 Å². The minimum absolute atomic E-state index is 0.122. The van der Waals surface area contributed by atoms with Gasteiger partial charge in [-0.3, -0.25) is 19.3 Å². The third-order valence-corrected chi connectivity index (χ3v) is 7.16. The van der Waals surface area contributed by atoms with Crippen molar-refractivity contribution >= 4 is 63.2 Å². The topological polar surface area (TPSA) is 75.7 Å². The quantitative estimate of drug-likeness (QED) is 0.227. The van der Waals surface area contributed by atoms with Gasteiger partial charge in [0.2, 0.25) is 0 Å². The maximum Gasteiger partial charge on any atom is 0.293 e. The average Bonchev–Trinajstić information content (AvgIpc) is 3.12. The first kappa shape index (κ1) is 26.0. The summed E-state index contributed by atoms with van der Waals surface area (Å²) >= 11 is 3.15. The number of carbonyl (C=O) groups is 3. The van der Waals surface area contributed by atoms with Crippen molar-refractivity contribution in [1.82, 2.24) is 4.90 Å². The molecule has 8 heteroatoms. The summed E-state index contributed by atoms with van der Waals surface area (Å²) in [7, 11) is 0. The number of para-hydroxylation sites is 1. The first-order valence-corrected chi connectivity index (χ1v) is 13.3. The summed E-state index contributed by atoms with van der Waals surface area (Å²) in [5.74, 6) is 0.279. The summed E-state index contributed by atoms with van der Waals surface area (Å²) in [4.78, 5) is 39.2. The first-order chi connectivity index (χ1) is 17.3. The second kappa shape index (κ2) is 11.7. The van der Waals surface area contributed by atoms with Crippen LogP contribution in [0.2, 0.25) is 0 Å². The van der Waals surface area contributed by atoms with Crippen LogP contribution in [-0.2, 0) is 16.1 Å². The molecule has 0 radical (unpaired) electrons. The smallest absolute Gasteiger partial charge is 0.293 e. The third kappa shape index (κ3) is 6.55. The zero-order valence-electron chi connectivity index (χ0n) is 19.9. The van der Waals surface area contributed by atoms with Crippen molar-refractivity contribution in [3.05, 3.63) is 98.0 Å². The highest BCUT2D eigenvalue weighted by Crippen LogP contribution is 2.33. The highest BCUT2D eigenvalue weighted by Gasteiger charge is 2.34. The van der Waals surface area contributed by atoms with Crippen molar-refractivity contribution < 1.29 is 19.1 Å². The lowest BCUT2D eigenvalue weighted by molar-refractivity contribution is -0.123. The maximum atomic E-state index is 12.8. The number of hydrogen-bond donors (Lipinski definition) is 1. The van der Waals surface area contributed by atoms with Gasteiger partial charge in [0.15, 0.2) is 6.61 Å². The number of anilines is 1. The van der Waals surface area contributed by atoms with Gasteiger partial charge in [-0.05, 0) is 93.4 Å². The van der Waals surface area contributed by atoms with Crippen LogP contribution < -0.4 is 10.1 Å². The van der Waals surface area contributed by atoms with Crippen LogP contribution in [-0.4, -0.2) is 28.6 Å². The highest BCUT2D eigenvalue weighted by atomic mass is 127. The second-order valence-corrected chi connectivity index (χ2v) is 10.8. The number of imide groups is 1. The van der Waals surface area contributed by atoms with Crippen molar-refractivity contribution in [2.75, 3.05) is 11.9 Å². The van der Waals surface area contributed by atoms with E-state index in [2.05, 4.69) is 41.8 Å². The number of nitrogens with one attached hydrogen (secondary N) is 1. The predicted octanol–water partition coefficient (Wildman–Crippen LogP) is 6.67. The Balaban J connectivity index is 1.34. The number of halogens is 1. The Labute approximate surface area is 228 Å². The molecule has 0 spiro atoms. The van der Waals surface area contributed by atoms with Crippen molar-refractivity contribution in [3.8, 4) is 5.75 Å². The van der Waals surface area contributed by atoms with E-state index in [1.807, 2.05) is 48.5 Å². The van der Waals surface area contributed by atoms with Crippen LogP contribution in [0, 0.1) is 3.57 Å². The molecule has 36 heavy (non-hydrogen) atoms. The number of hydrogen-bond acceptors (Lipinski definition) is 5. The Morgan fingerprint density at radius 1 is 1.03 bits per heavy atom. The fourth-order valence-corrected chi connectivity index (χ4v) is 4.87. The Kier molecular flexibility index (Phi) is 8.48. The van der Waals surface area contributed by atoms with E-state index in [1.54, 1.807) is 30.3 Å². The fraction of sp³-hybridized carbons (Fsp3) is 0.179. The van der Waals surface area contributed by atoms with Crippen molar-refractivity contribution in [1.29, 1.82) is 0 Å². The van der Waals surface area contributed by atoms with Crippen LogP contribution in [0.5, 0.6) is 5.75 Å². The van der Waals surface area contributed by atoms with Crippen LogP contribution in [0.3, 0.4) is 0 Å². The Hall–Kier alpha value is -3.11. The van der Waals surface area contributed by atoms with E-state index in [0.29, 0.717) is 16.6 Å². The highest BCUT2D eigenvalue weighted by molar-refractivity contribution is 14.1. The monoisotopic (exact) mass is 612 g/mol. The van der Waals surface area contributed by atoms with Crippen LogP contribution in [0.4, 0.5) is 10.5 Å². The normalized spacial score (nSPS) is 14.6. The molecule has 0 bridgehead atoms. The Morgan fingerprint density at radius 2 is 1.72 bits per heavy atom. The molecule has 4 rings (SSSR count). The number of ether oxygens (including phenoxy) is 1. The van der Waals surface area contributed by atoms with E-state index in [0.717, 1.165) is 37.7 Å². The molecular weight excluding hydrogens is 587 g/mol. The van der Waals surface area contributed by atoms with Gasteiger partial charge in [-0.1, -0.05) is 56.3 Å². The molecule has 3 aromatic rings. The summed E-state index contributed by atoms with van der Waals surface area (Å²) < 4.78 is 6.72. The molecule has 1 saturated heterocycles. The van der Waals surface area contributed by atoms with Gasteiger partial charge < -0.3 is 10.1 Å². The lowest BCUT2D eigenvalue weighted by atomic mass is 10.0. The SMILES string of the molecule is CC(C)c1ccccc1NC(=O)COc1ccc(/C=C2/SC(=O)N(Cc3ccc(I)cc3)C2=O)cc1. The minimum atomic E-state index is -0.303. The molecule has 0 unspecified atom stereocenters. The molecule has 3 aromatic carbocycles. The summed E-state index contributed by atoms with van der Waals surface area (Å²) in [6.45, 7) is 4.28. The second-order valence-electron chi connectivity index (χ2n) is 8.54. The molecular formula is C28H25IN2O4S. The summed E-state index contributed by atoms with van der Waals surface area (Å²) in [5, 5.41) is 2.62. The molecule has 0 aromatic heterocycles. The lowest BCUT2D eigenvalue weighted by Gasteiger charge is -2.14. The predicted molar refractivity (Wildman–Crippen MR) is 152 cm³/mol. The number of nitrogens with zero attached hydrogens (tertiary/aromatic N) is 1. The van der Waals surface area contributed by atoms with Gasteiger partial charge in [0.05, 0.1) is 11.4 Å². The van der Waals surface area contributed by atoms with Gasteiger partial charge in [0, 0.05) is 9.26 Å². The van der Waals surface area contributed by atoms with Crippen molar-refractivity contribution in [2.24, 2.45) is 0 Å². The van der Waals surface area contributed by atoms with E-state index in [4.69, 9.17) is 4.74 Å². The van der Waals surface area contributed by atoms with Gasteiger partial charge >= 0.3 is 0 Å². The number of carbonyl (C=O) groups excluding carboxylic acids is 3. The maximum absolute atomic E-state index is 12.8. The zero-order valence-corrected chi connectivity index (χ0v) is 22.8. The molecule has 1 aliphatic rings. The molecule has 1 aliphatic heterocycles. The van der Waals surface area contributed by atoms with E-state index in [9.17, 15) is 14.4 Å². The van der Waals surface area contributed by atoms with Gasteiger partial charge in [-0.2, -0.15) is 0 Å². The lowest BCUT2D eigenvalue weighted by Crippen LogP contribution is -2.27. The van der Waals surface area contributed by atoms with E-state index in [1.165, 1.54) is 4.90 Å². The molecule has 184 valence electrons. The number of amides is 3. The Morgan fingerprint density at radius 3 is 2.42 bits per heavy atom. The number of thioether (sulfide) groups is 1. The summed E-state index contributed by atoms with van der Waals surface area (Å²) in [6, 6.07) is 22.5. The average molecular weight is 612 g/mol. The zero-order chi connectivity index (χ0) is 25.7. The van der Waals surface area contributed by atoms with Crippen molar-refractivity contribution in [3.63, 3.8) is 0 Å². The summed E-state index contributed by atoms with van der Waals surface area (Å²) in [6.07, 6.45) is 1.69. The number of benzene rings is 3. The largest absolute Gasteiger partial charge is 0.484 e. The van der Waals surface area contributed by atoms with Gasteiger partial charge in [-0.15, -0.1) is 0 Å². The fourth-order valence-electron chi connectivity index (χ4n) is 3.67. The van der Waals surface area contributed by atoms with E-state index >= 15 is 0 Å². The van der Waals surface area contributed by atoms with Crippen LogP contribution in [0.25, 0.3) is 6.08 Å². The van der Waals surface area contributed by atoms with E-state index in [-0.39, 0.29) is 30.2 Å². The first-order valence-electron chi connectivity index (χ1n) is 11.4. The Bertz CT molecular complexity index is 1300. The van der Waals surface area contributed by atoms with Gasteiger partial charge in [0.25, 0.3) is 17.1 Å². The number of rotatable bonds is 8. The molecule has 0 atom stereocenters. The molecule has 6 nitrogen and oxygen atoms in total. The third-order valence-electron chi connectivity index (χ3n) is 5.53. The van der Waals surface area contributed by atoms with Crippen LogP contribution >= 0.6 is 34.4 Å². The van der Waals surface area contributed by atoms with Crippen molar-refractivity contribution in [2.45, 2.75) is 26.3 Å². The minimum Gasteiger partial charge on any atom is -0.484 e.